The zero-order chi connectivity index (χ0) is 16.7. The van der Waals surface area contributed by atoms with Crippen molar-refractivity contribution in [2.24, 2.45) is 0 Å². The van der Waals surface area contributed by atoms with Crippen LogP contribution in [0.15, 0.2) is 36.5 Å². The molecule has 0 spiro atoms. The molecule has 122 valence electrons. The minimum Gasteiger partial charge on any atom is -0.360 e. The summed E-state index contributed by atoms with van der Waals surface area (Å²) in [5.74, 6) is 0.0329. The predicted octanol–water partition coefficient (Wildman–Crippen LogP) is 3.27. The molecule has 3 aromatic rings. The van der Waals surface area contributed by atoms with E-state index in [0.29, 0.717) is 11.5 Å². The first-order valence-corrected chi connectivity index (χ1v) is 7.66. The maximum atomic E-state index is 13.6. The minimum absolute atomic E-state index is 0.0722. The van der Waals surface area contributed by atoms with Gasteiger partial charge in [-0.05, 0) is 53.5 Å². The van der Waals surface area contributed by atoms with E-state index in [1.54, 1.807) is 18.2 Å². The second-order valence-corrected chi connectivity index (χ2v) is 5.79. The summed E-state index contributed by atoms with van der Waals surface area (Å²) in [4.78, 5) is 14.5. The zero-order valence-electron chi connectivity index (χ0n) is 12.6. The fourth-order valence-corrected chi connectivity index (χ4v) is 3.16. The summed E-state index contributed by atoms with van der Waals surface area (Å²) in [6, 6.07) is 8.15. The lowest BCUT2D eigenvalue weighted by Gasteiger charge is -2.26. The molecule has 1 aliphatic rings. The van der Waals surface area contributed by atoms with Crippen LogP contribution in [0.3, 0.4) is 0 Å². The molecule has 2 aromatic heterocycles. The van der Waals surface area contributed by atoms with Crippen molar-refractivity contribution in [2.75, 3.05) is 5.32 Å². The van der Waals surface area contributed by atoms with Crippen molar-refractivity contribution in [3.8, 4) is 0 Å². The molecular formula is C16H14FN5O2. The summed E-state index contributed by atoms with van der Waals surface area (Å²) in [6.45, 7) is 0. The first-order chi connectivity index (χ1) is 11.6. The molecule has 0 amide bonds. The molecule has 2 heterocycles. The normalized spacial score (nSPS) is 16.8. The number of benzene rings is 1. The van der Waals surface area contributed by atoms with Gasteiger partial charge in [-0.3, -0.25) is 0 Å². The maximum absolute atomic E-state index is 13.6. The Balaban J connectivity index is 1.69. The van der Waals surface area contributed by atoms with Gasteiger partial charge in [-0.1, -0.05) is 15.7 Å². The van der Waals surface area contributed by atoms with E-state index >= 15 is 0 Å². The van der Waals surface area contributed by atoms with Gasteiger partial charge in [0.05, 0.1) is 6.04 Å². The number of aryl methyl sites for hydroxylation is 1. The molecule has 0 bridgehead atoms. The molecule has 0 fully saturated rings. The van der Waals surface area contributed by atoms with Gasteiger partial charge in [-0.15, -0.1) is 0 Å². The quantitative estimate of drug-likeness (QED) is 0.589. The SMILES string of the molecule is O=[N+]([O-])c1cnc2ccc(NC3CCCc4ccc(F)cc43)nn12. The largest absolute Gasteiger partial charge is 0.368 e. The Hall–Kier alpha value is -3.03. The van der Waals surface area contributed by atoms with Gasteiger partial charge in [0.15, 0.2) is 5.82 Å². The Morgan fingerprint density at radius 2 is 2.21 bits per heavy atom. The van der Waals surface area contributed by atoms with Gasteiger partial charge in [-0.25, -0.2) is 9.37 Å². The molecule has 1 N–H and O–H groups in total. The molecule has 0 aliphatic heterocycles. The van der Waals surface area contributed by atoms with Gasteiger partial charge in [0, 0.05) is 6.07 Å². The Labute approximate surface area is 136 Å². The average molecular weight is 327 g/mol. The van der Waals surface area contributed by atoms with E-state index < -0.39 is 4.92 Å². The number of rotatable bonds is 3. The van der Waals surface area contributed by atoms with E-state index in [4.69, 9.17) is 0 Å². The van der Waals surface area contributed by atoms with Gasteiger partial charge in [-0.2, -0.15) is 0 Å². The number of imidazole rings is 1. The number of hydrogen-bond acceptors (Lipinski definition) is 5. The van der Waals surface area contributed by atoms with E-state index in [0.717, 1.165) is 30.4 Å². The number of nitro groups is 1. The molecule has 1 aromatic carbocycles. The van der Waals surface area contributed by atoms with Crippen LogP contribution in [0.4, 0.5) is 16.0 Å². The van der Waals surface area contributed by atoms with Crippen LogP contribution >= 0.6 is 0 Å². The van der Waals surface area contributed by atoms with Gasteiger partial charge < -0.3 is 15.4 Å². The maximum Gasteiger partial charge on any atom is 0.368 e. The van der Waals surface area contributed by atoms with E-state index in [1.807, 2.05) is 6.07 Å². The fourth-order valence-electron chi connectivity index (χ4n) is 3.16. The van der Waals surface area contributed by atoms with Crippen LogP contribution in [0.1, 0.15) is 30.0 Å². The van der Waals surface area contributed by atoms with Gasteiger partial charge in [0.2, 0.25) is 5.65 Å². The van der Waals surface area contributed by atoms with Crippen molar-refractivity contribution >= 4 is 17.3 Å². The number of nitrogens with zero attached hydrogens (tertiary/aromatic N) is 4. The molecule has 0 radical (unpaired) electrons. The van der Waals surface area contributed by atoms with Crippen LogP contribution in [0.5, 0.6) is 0 Å². The number of hydrogen-bond donors (Lipinski definition) is 1. The molecule has 1 unspecified atom stereocenters. The summed E-state index contributed by atoms with van der Waals surface area (Å²) in [5.41, 5.74) is 2.44. The van der Waals surface area contributed by atoms with E-state index in [-0.39, 0.29) is 17.7 Å². The molecule has 8 heteroatoms. The molecule has 7 nitrogen and oxygen atoms in total. The molecule has 4 rings (SSSR count). The molecule has 1 aliphatic carbocycles. The lowest BCUT2D eigenvalue weighted by Crippen LogP contribution is -2.18. The molecule has 24 heavy (non-hydrogen) atoms. The summed E-state index contributed by atoms with van der Waals surface area (Å²) in [6.07, 6.45) is 3.94. The highest BCUT2D eigenvalue weighted by Crippen LogP contribution is 2.32. The number of aromatic nitrogens is 3. The van der Waals surface area contributed by atoms with Crippen molar-refractivity contribution in [2.45, 2.75) is 25.3 Å². The van der Waals surface area contributed by atoms with E-state index in [1.165, 1.54) is 16.8 Å². The third kappa shape index (κ3) is 2.45. The second-order valence-electron chi connectivity index (χ2n) is 5.79. The summed E-state index contributed by atoms with van der Waals surface area (Å²) < 4.78 is 14.8. The first kappa shape index (κ1) is 14.6. The van der Waals surface area contributed by atoms with Gasteiger partial charge in [0.25, 0.3) is 0 Å². The highest BCUT2D eigenvalue weighted by atomic mass is 19.1. The lowest BCUT2D eigenvalue weighted by molar-refractivity contribution is -0.391. The fraction of sp³-hybridized carbons (Fsp3) is 0.250. The van der Waals surface area contributed by atoms with Crippen LogP contribution in [-0.2, 0) is 6.42 Å². The number of anilines is 1. The average Bonchev–Trinajstić information content (AvgIpc) is 2.99. The topological polar surface area (TPSA) is 85.4 Å². The number of halogens is 1. The van der Waals surface area contributed by atoms with Crippen LogP contribution in [-0.4, -0.2) is 19.5 Å². The van der Waals surface area contributed by atoms with Crippen LogP contribution in [0.2, 0.25) is 0 Å². The van der Waals surface area contributed by atoms with Crippen molar-refractivity contribution in [1.82, 2.24) is 14.6 Å². The summed E-state index contributed by atoms with van der Waals surface area (Å²) >= 11 is 0. The Kier molecular flexibility index (Phi) is 3.37. The van der Waals surface area contributed by atoms with Crippen molar-refractivity contribution in [3.05, 3.63) is 63.6 Å². The highest BCUT2D eigenvalue weighted by molar-refractivity contribution is 5.49. The lowest BCUT2D eigenvalue weighted by atomic mass is 9.87. The van der Waals surface area contributed by atoms with Crippen molar-refractivity contribution in [1.29, 1.82) is 0 Å². The number of fused-ring (bicyclic) bond motifs is 2. The van der Waals surface area contributed by atoms with Crippen LogP contribution in [0.25, 0.3) is 5.65 Å². The van der Waals surface area contributed by atoms with Crippen LogP contribution in [0, 0.1) is 15.9 Å². The highest BCUT2D eigenvalue weighted by Gasteiger charge is 2.22. The predicted molar refractivity (Wildman–Crippen MR) is 85.3 cm³/mol. The second kappa shape index (κ2) is 5.55. The Morgan fingerprint density at radius 3 is 3.04 bits per heavy atom. The van der Waals surface area contributed by atoms with Gasteiger partial charge in [0.1, 0.15) is 12.0 Å². The monoisotopic (exact) mass is 327 g/mol. The zero-order valence-corrected chi connectivity index (χ0v) is 12.6. The first-order valence-electron chi connectivity index (χ1n) is 7.66. The van der Waals surface area contributed by atoms with Gasteiger partial charge >= 0.3 is 5.82 Å². The van der Waals surface area contributed by atoms with Crippen LogP contribution < -0.4 is 5.32 Å². The third-order valence-electron chi connectivity index (χ3n) is 4.28. The summed E-state index contributed by atoms with van der Waals surface area (Å²) in [5, 5.41) is 18.5. The number of nitrogens with one attached hydrogen (secondary N) is 1. The van der Waals surface area contributed by atoms with E-state index in [2.05, 4.69) is 15.4 Å². The Bertz CT molecular complexity index is 939. The van der Waals surface area contributed by atoms with E-state index in [9.17, 15) is 14.5 Å². The molecular weight excluding hydrogens is 313 g/mol. The standard InChI is InChI=1S/C16H14FN5O2/c17-11-5-4-10-2-1-3-13(12(10)8-11)19-14-6-7-15-18-9-16(22(23)24)21(15)20-14/h4-9,13H,1-3H2,(H,19,20). The molecule has 0 saturated carbocycles. The summed E-state index contributed by atoms with van der Waals surface area (Å²) in [7, 11) is 0. The van der Waals surface area contributed by atoms with Crippen molar-refractivity contribution in [3.63, 3.8) is 0 Å². The Morgan fingerprint density at radius 1 is 1.33 bits per heavy atom. The third-order valence-corrected chi connectivity index (χ3v) is 4.28. The molecule has 0 saturated heterocycles. The smallest absolute Gasteiger partial charge is 0.360 e. The molecule has 1 atom stereocenters. The van der Waals surface area contributed by atoms with Crippen molar-refractivity contribution < 1.29 is 9.31 Å². The minimum atomic E-state index is -0.526.